The first kappa shape index (κ1) is 23.2. The minimum Gasteiger partial charge on any atom is -0.495 e. The van der Waals surface area contributed by atoms with Gasteiger partial charge in [0.1, 0.15) is 11.6 Å². The molecule has 0 saturated heterocycles. The highest BCUT2D eigenvalue weighted by molar-refractivity contribution is 6.31. The summed E-state index contributed by atoms with van der Waals surface area (Å²) in [7, 11) is 1.46. The lowest BCUT2D eigenvalue weighted by Crippen LogP contribution is -2.30. The number of aryl methyl sites for hydroxylation is 2. The lowest BCUT2D eigenvalue weighted by Gasteiger charge is -2.16. The second kappa shape index (κ2) is 10.2. The number of nitrogens with one attached hydrogen (secondary N) is 1. The van der Waals surface area contributed by atoms with Crippen LogP contribution in [-0.2, 0) is 20.7 Å². The van der Waals surface area contributed by atoms with Crippen LogP contribution < -0.4 is 10.1 Å². The third kappa shape index (κ3) is 5.82. The van der Waals surface area contributed by atoms with Crippen molar-refractivity contribution in [2.45, 2.75) is 32.8 Å². The number of anilines is 1. The number of rotatable bonds is 8. The molecule has 0 spiro atoms. The Balaban J connectivity index is 1.52. The van der Waals surface area contributed by atoms with Crippen molar-refractivity contribution in [2.75, 3.05) is 12.4 Å². The molecular weight excluding hydrogens is 441 g/mol. The topological polar surface area (TPSA) is 104 Å². The van der Waals surface area contributed by atoms with Crippen LogP contribution in [0.2, 0.25) is 5.02 Å². The smallest absolute Gasteiger partial charge is 0.307 e. The fourth-order valence-electron chi connectivity index (χ4n) is 2.76. The summed E-state index contributed by atoms with van der Waals surface area (Å²) in [5.74, 6) is -0.597. The average Bonchev–Trinajstić information content (AvgIpc) is 3.24. The van der Waals surface area contributed by atoms with Crippen molar-refractivity contribution in [2.24, 2.45) is 0 Å². The molecule has 1 aromatic heterocycles. The fraction of sp³-hybridized carbons (Fsp3) is 0.273. The normalized spacial score (nSPS) is 11.7. The maximum atomic E-state index is 13.0. The quantitative estimate of drug-likeness (QED) is 0.497. The summed E-state index contributed by atoms with van der Waals surface area (Å²) >= 11 is 6.07. The van der Waals surface area contributed by atoms with E-state index in [1.807, 2.05) is 0 Å². The van der Waals surface area contributed by atoms with E-state index in [1.165, 1.54) is 38.3 Å². The van der Waals surface area contributed by atoms with Crippen LogP contribution in [-0.4, -0.2) is 35.2 Å². The zero-order valence-electron chi connectivity index (χ0n) is 17.6. The van der Waals surface area contributed by atoms with Crippen molar-refractivity contribution in [3.05, 3.63) is 58.7 Å². The lowest BCUT2D eigenvalue weighted by atomic mass is 10.2. The number of nitrogens with zero attached hydrogens (tertiary/aromatic N) is 2. The molecule has 0 aliphatic rings. The Labute approximate surface area is 188 Å². The van der Waals surface area contributed by atoms with Crippen LogP contribution in [0.4, 0.5) is 10.1 Å². The molecule has 168 valence electrons. The van der Waals surface area contributed by atoms with Gasteiger partial charge < -0.3 is 19.3 Å². The number of amides is 1. The van der Waals surface area contributed by atoms with Gasteiger partial charge in [-0.15, -0.1) is 0 Å². The number of methoxy groups -OCH3 is 1. The maximum Gasteiger partial charge on any atom is 0.307 e. The van der Waals surface area contributed by atoms with E-state index >= 15 is 0 Å². The molecule has 8 nitrogen and oxygen atoms in total. The number of esters is 1. The molecule has 1 heterocycles. The largest absolute Gasteiger partial charge is 0.495 e. The van der Waals surface area contributed by atoms with Crippen LogP contribution in [0.25, 0.3) is 11.4 Å². The number of hydrogen-bond acceptors (Lipinski definition) is 7. The number of hydrogen-bond donors (Lipinski definition) is 1. The lowest BCUT2D eigenvalue weighted by molar-refractivity contribution is -0.153. The summed E-state index contributed by atoms with van der Waals surface area (Å²) in [6, 6.07) is 8.88. The maximum absolute atomic E-state index is 13.0. The summed E-state index contributed by atoms with van der Waals surface area (Å²) in [5.41, 5.74) is 1.76. The predicted octanol–water partition coefficient (Wildman–Crippen LogP) is 4.35. The first-order valence-corrected chi connectivity index (χ1v) is 10.1. The van der Waals surface area contributed by atoms with Gasteiger partial charge in [0.2, 0.25) is 11.7 Å². The Hall–Kier alpha value is -3.46. The molecule has 1 unspecified atom stereocenters. The van der Waals surface area contributed by atoms with E-state index in [-0.39, 0.29) is 30.4 Å². The van der Waals surface area contributed by atoms with Gasteiger partial charge in [-0.3, -0.25) is 9.59 Å². The van der Waals surface area contributed by atoms with Crippen molar-refractivity contribution in [3.8, 4) is 17.1 Å². The van der Waals surface area contributed by atoms with Crippen LogP contribution in [0.15, 0.2) is 40.9 Å². The van der Waals surface area contributed by atoms with E-state index in [4.69, 9.17) is 25.6 Å². The zero-order chi connectivity index (χ0) is 23.3. The molecule has 10 heteroatoms. The van der Waals surface area contributed by atoms with Crippen molar-refractivity contribution in [1.29, 1.82) is 0 Å². The van der Waals surface area contributed by atoms with E-state index in [2.05, 4.69) is 15.5 Å². The average molecular weight is 462 g/mol. The molecule has 0 bridgehead atoms. The molecule has 1 N–H and O–H groups in total. The third-order valence-electron chi connectivity index (χ3n) is 4.53. The molecule has 0 saturated carbocycles. The number of carbonyl (C=O) groups excluding carboxylic acids is 2. The molecule has 3 aromatic rings. The summed E-state index contributed by atoms with van der Waals surface area (Å²) in [5, 5.41) is 6.98. The number of benzene rings is 2. The summed E-state index contributed by atoms with van der Waals surface area (Å²) in [6.45, 7) is 3.25. The van der Waals surface area contributed by atoms with Gasteiger partial charge in [-0.25, -0.2) is 4.39 Å². The molecular formula is C22H21ClFN3O5. The Bertz CT molecular complexity index is 1120. The standard InChI is InChI=1S/C22H21ClFN3O5/c1-12-10-17(18(30-3)11-16(12)23)25-22(29)13(2)31-20(28)9-8-19-26-21(27-32-19)14-4-6-15(24)7-5-14/h4-7,10-11,13H,8-9H2,1-3H3,(H,25,29). The van der Waals surface area contributed by atoms with Crippen LogP contribution in [0.3, 0.4) is 0 Å². The number of ether oxygens (including phenoxy) is 2. The summed E-state index contributed by atoms with van der Waals surface area (Å²) in [4.78, 5) is 28.7. The molecule has 0 fully saturated rings. The second-order valence-electron chi connectivity index (χ2n) is 6.94. The van der Waals surface area contributed by atoms with Crippen molar-refractivity contribution in [3.63, 3.8) is 0 Å². The Kier molecular flexibility index (Phi) is 7.42. The molecule has 0 radical (unpaired) electrons. The number of halogens is 2. The minimum atomic E-state index is -1.04. The molecule has 1 amide bonds. The van der Waals surface area contributed by atoms with Crippen molar-refractivity contribution in [1.82, 2.24) is 10.1 Å². The van der Waals surface area contributed by atoms with Crippen molar-refractivity contribution < 1.29 is 28.0 Å². The Morgan fingerprint density at radius 2 is 1.97 bits per heavy atom. The summed E-state index contributed by atoms with van der Waals surface area (Å²) in [6.07, 6.45) is -0.974. The monoisotopic (exact) mass is 461 g/mol. The van der Waals surface area contributed by atoms with Gasteiger partial charge in [0, 0.05) is 23.1 Å². The predicted molar refractivity (Wildman–Crippen MR) is 115 cm³/mol. The van der Waals surface area contributed by atoms with E-state index in [0.717, 1.165) is 5.56 Å². The van der Waals surface area contributed by atoms with E-state index in [1.54, 1.807) is 19.1 Å². The second-order valence-corrected chi connectivity index (χ2v) is 7.35. The van der Waals surface area contributed by atoms with Gasteiger partial charge in [-0.1, -0.05) is 16.8 Å². The first-order chi connectivity index (χ1) is 15.3. The van der Waals surface area contributed by atoms with Gasteiger partial charge in [-0.2, -0.15) is 4.98 Å². The highest BCUT2D eigenvalue weighted by Crippen LogP contribution is 2.31. The molecule has 3 rings (SSSR count). The minimum absolute atomic E-state index is 0.0634. The SMILES string of the molecule is COc1cc(Cl)c(C)cc1NC(=O)C(C)OC(=O)CCc1nc(-c2ccc(F)cc2)no1. The van der Waals surface area contributed by atoms with Gasteiger partial charge in [-0.05, 0) is 49.7 Å². The Morgan fingerprint density at radius 1 is 1.25 bits per heavy atom. The summed E-state index contributed by atoms with van der Waals surface area (Å²) < 4.78 is 28.5. The third-order valence-corrected chi connectivity index (χ3v) is 4.94. The number of aromatic nitrogens is 2. The van der Waals surface area contributed by atoms with Gasteiger partial charge >= 0.3 is 5.97 Å². The first-order valence-electron chi connectivity index (χ1n) is 9.70. The molecule has 0 aliphatic heterocycles. The molecule has 0 aliphatic carbocycles. The van der Waals surface area contributed by atoms with E-state index < -0.39 is 18.0 Å². The molecule has 32 heavy (non-hydrogen) atoms. The van der Waals surface area contributed by atoms with Crippen LogP contribution in [0.1, 0.15) is 24.8 Å². The van der Waals surface area contributed by atoms with Gasteiger partial charge in [0.05, 0.1) is 19.2 Å². The van der Waals surface area contributed by atoms with Crippen LogP contribution >= 0.6 is 11.6 Å². The van der Waals surface area contributed by atoms with Crippen LogP contribution in [0, 0.1) is 12.7 Å². The fourth-order valence-corrected chi connectivity index (χ4v) is 2.91. The van der Waals surface area contributed by atoms with Crippen LogP contribution in [0.5, 0.6) is 5.75 Å². The zero-order valence-corrected chi connectivity index (χ0v) is 18.4. The highest BCUT2D eigenvalue weighted by atomic mass is 35.5. The van der Waals surface area contributed by atoms with Gasteiger partial charge in [0.15, 0.2) is 6.10 Å². The molecule has 1 atom stereocenters. The van der Waals surface area contributed by atoms with Crippen molar-refractivity contribution >= 4 is 29.2 Å². The van der Waals surface area contributed by atoms with Gasteiger partial charge in [0.25, 0.3) is 5.91 Å². The highest BCUT2D eigenvalue weighted by Gasteiger charge is 2.20. The molecule has 2 aromatic carbocycles. The number of carbonyl (C=O) groups is 2. The van der Waals surface area contributed by atoms with E-state index in [0.29, 0.717) is 22.0 Å². The van der Waals surface area contributed by atoms with E-state index in [9.17, 15) is 14.0 Å². The Morgan fingerprint density at radius 3 is 2.66 bits per heavy atom.